The van der Waals surface area contributed by atoms with Crippen LogP contribution >= 0.6 is 15.9 Å². The third-order valence-corrected chi connectivity index (χ3v) is 4.89. The van der Waals surface area contributed by atoms with E-state index in [-0.39, 0.29) is 12.2 Å². The first-order valence-corrected chi connectivity index (χ1v) is 10.4. The molecular formula is C23H16BrF4N3O3. The zero-order chi connectivity index (χ0) is 24.7. The van der Waals surface area contributed by atoms with Crippen molar-refractivity contribution in [1.82, 2.24) is 5.43 Å². The van der Waals surface area contributed by atoms with Crippen LogP contribution < -0.4 is 15.5 Å². The molecular weight excluding hydrogens is 522 g/mol. The molecule has 0 saturated carbocycles. The summed E-state index contributed by atoms with van der Waals surface area (Å²) < 4.78 is 57.2. The maximum absolute atomic E-state index is 12.9. The molecule has 0 heterocycles. The van der Waals surface area contributed by atoms with E-state index in [1.165, 1.54) is 36.5 Å². The number of nitrogens with zero attached hydrogens (tertiary/aromatic N) is 1. The molecule has 0 atom stereocenters. The Bertz CT molecular complexity index is 1210. The molecule has 11 heteroatoms. The van der Waals surface area contributed by atoms with E-state index in [1.54, 1.807) is 18.2 Å². The van der Waals surface area contributed by atoms with Crippen molar-refractivity contribution in [3.8, 4) is 5.75 Å². The predicted octanol–water partition coefficient (Wildman–Crippen LogP) is 5.39. The minimum absolute atomic E-state index is 0.184. The maximum Gasteiger partial charge on any atom is 0.416 e. The number of carbonyl (C=O) groups excluding carboxylic acids is 2. The summed E-state index contributed by atoms with van der Waals surface area (Å²) in [6, 6.07) is 14.0. The molecule has 0 saturated heterocycles. The summed E-state index contributed by atoms with van der Waals surface area (Å²) in [5, 5.41) is 6.31. The highest BCUT2D eigenvalue weighted by Crippen LogP contribution is 2.29. The van der Waals surface area contributed by atoms with Gasteiger partial charge in [0.25, 0.3) is 11.8 Å². The monoisotopic (exact) mass is 537 g/mol. The van der Waals surface area contributed by atoms with Gasteiger partial charge in [0.2, 0.25) is 0 Å². The van der Waals surface area contributed by atoms with Gasteiger partial charge in [-0.3, -0.25) is 9.59 Å². The lowest BCUT2D eigenvalue weighted by Crippen LogP contribution is -2.20. The van der Waals surface area contributed by atoms with Crippen LogP contribution in [-0.2, 0) is 11.0 Å². The third-order valence-electron chi connectivity index (χ3n) is 4.27. The molecule has 3 rings (SSSR count). The average Bonchev–Trinajstić information content (AvgIpc) is 2.79. The Hall–Kier alpha value is -3.73. The number of anilines is 1. The number of alkyl halides is 3. The van der Waals surface area contributed by atoms with Crippen molar-refractivity contribution in [3.05, 3.63) is 93.7 Å². The summed E-state index contributed by atoms with van der Waals surface area (Å²) in [5.74, 6) is -1.30. The van der Waals surface area contributed by atoms with Crippen molar-refractivity contribution in [2.75, 3.05) is 11.9 Å². The number of carbonyl (C=O) groups is 2. The lowest BCUT2D eigenvalue weighted by atomic mass is 10.1. The molecule has 0 fully saturated rings. The second kappa shape index (κ2) is 10.9. The molecule has 3 aromatic carbocycles. The fraction of sp³-hybridized carbons (Fsp3) is 0.0870. The SMILES string of the molecule is O=C(COc1ccc(/C=N\NC(=O)c2cccc(C(F)(F)F)c2)cc1Br)Nc1ccc(F)cc1. The standard InChI is InChI=1S/C23H16BrF4N3O3/c24-19-10-14(12-29-31-22(33)15-2-1-3-16(11-15)23(26,27)28)4-9-20(19)34-13-21(32)30-18-7-5-17(25)6-8-18/h1-12H,13H2,(H,30,32)(H,31,33)/b29-12-. The summed E-state index contributed by atoms with van der Waals surface area (Å²) in [7, 11) is 0. The number of hydrazone groups is 1. The summed E-state index contributed by atoms with van der Waals surface area (Å²) in [4.78, 5) is 24.0. The van der Waals surface area contributed by atoms with Crippen LogP contribution in [0, 0.1) is 5.82 Å². The largest absolute Gasteiger partial charge is 0.483 e. The number of amides is 2. The molecule has 6 nitrogen and oxygen atoms in total. The molecule has 176 valence electrons. The number of ether oxygens (including phenoxy) is 1. The minimum Gasteiger partial charge on any atom is -0.483 e. The van der Waals surface area contributed by atoms with Crippen LogP contribution in [0.4, 0.5) is 23.2 Å². The van der Waals surface area contributed by atoms with Crippen LogP contribution in [0.25, 0.3) is 0 Å². The second-order valence-corrected chi connectivity index (χ2v) is 7.67. The first-order valence-electron chi connectivity index (χ1n) is 9.60. The van der Waals surface area contributed by atoms with E-state index in [0.717, 1.165) is 18.2 Å². The molecule has 2 N–H and O–H groups in total. The lowest BCUT2D eigenvalue weighted by Gasteiger charge is -2.09. The van der Waals surface area contributed by atoms with Crippen LogP contribution in [0.1, 0.15) is 21.5 Å². The molecule has 0 aliphatic rings. The molecule has 0 unspecified atom stereocenters. The van der Waals surface area contributed by atoms with E-state index in [2.05, 4.69) is 31.8 Å². The van der Waals surface area contributed by atoms with Crippen LogP contribution in [0.5, 0.6) is 5.75 Å². The van der Waals surface area contributed by atoms with Crippen molar-refractivity contribution in [2.45, 2.75) is 6.18 Å². The maximum atomic E-state index is 12.9. The van der Waals surface area contributed by atoms with Gasteiger partial charge in [-0.05, 0) is 82.2 Å². The first kappa shape index (κ1) is 24.9. The van der Waals surface area contributed by atoms with Crippen molar-refractivity contribution in [2.24, 2.45) is 5.10 Å². The molecule has 0 bridgehead atoms. The number of hydrogen-bond acceptors (Lipinski definition) is 4. The van der Waals surface area contributed by atoms with Crippen molar-refractivity contribution >= 4 is 39.6 Å². The van der Waals surface area contributed by atoms with Crippen LogP contribution in [0.3, 0.4) is 0 Å². The molecule has 3 aromatic rings. The summed E-state index contributed by atoms with van der Waals surface area (Å²) in [5.41, 5.74) is 2.01. The quantitative estimate of drug-likeness (QED) is 0.241. The van der Waals surface area contributed by atoms with Gasteiger partial charge in [0.15, 0.2) is 6.61 Å². The van der Waals surface area contributed by atoms with E-state index in [1.807, 2.05) is 0 Å². The summed E-state index contributed by atoms with van der Waals surface area (Å²) >= 11 is 3.30. The number of nitrogens with one attached hydrogen (secondary N) is 2. The highest BCUT2D eigenvalue weighted by Gasteiger charge is 2.30. The fourth-order valence-electron chi connectivity index (χ4n) is 2.65. The van der Waals surface area contributed by atoms with Crippen LogP contribution in [0.15, 0.2) is 76.3 Å². The number of hydrogen-bond donors (Lipinski definition) is 2. The molecule has 0 aliphatic carbocycles. The Balaban J connectivity index is 1.54. The second-order valence-electron chi connectivity index (χ2n) is 6.81. The number of rotatable bonds is 7. The zero-order valence-electron chi connectivity index (χ0n) is 17.2. The van der Waals surface area contributed by atoms with E-state index in [4.69, 9.17) is 4.74 Å². The summed E-state index contributed by atoms with van der Waals surface area (Å²) in [6.45, 7) is -0.295. The van der Waals surface area contributed by atoms with Crippen LogP contribution in [0.2, 0.25) is 0 Å². The van der Waals surface area contributed by atoms with Gasteiger partial charge in [-0.25, -0.2) is 9.82 Å². The van der Waals surface area contributed by atoms with E-state index >= 15 is 0 Å². The van der Waals surface area contributed by atoms with Crippen molar-refractivity contribution in [3.63, 3.8) is 0 Å². The van der Waals surface area contributed by atoms with Gasteiger partial charge >= 0.3 is 6.18 Å². The topological polar surface area (TPSA) is 79.8 Å². The van der Waals surface area contributed by atoms with Gasteiger partial charge < -0.3 is 10.1 Å². The van der Waals surface area contributed by atoms with Gasteiger partial charge in [0.1, 0.15) is 11.6 Å². The van der Waals surface area contributed by atoms with Crippen molar-refractivity contribution < 1.29 is 31.9 Å². The molecule has 0 radical (unpaired) electrons. The Kier molecular flexibility index (Phi) is 8.00. The molecule has 0 aliphatic heterocycles. The number of halogens is 5. The molecule has 0 aromatic heterocycles. The molecule has 34 heavy (non-hydrogen) atoms. The fourth-order valence-corrected chi connectivity index (χ4v) is 3.17. The number of benzene rings is 3. The Morgan fingerprint density at radius 2 is 1.76 bits per heavy atom. The minimum atomic E-state index is -4.56. The van der Waals surface area contributed by atoms with Gasteiger partial charge in [-0.1, -0.05) is 6.07 Å². The van der Waals surface area contributed by atoms with Gasteiger partial charge in [0, 0.05) is 11.3 Å². The van der Waals surface area contributed by atoms with Gasteiger partial charge in [0.05, 0.1) is 16.3 Å². The zero-order valence-corrected chi connectivity index (χ0v) is 18.8. The van der Waals surface area contributed by atoms with E-state index in [0.29, 0.717) is 21.5 Å². The first-order chi connectivity index (χ1) is 16.1. The third kappa shape index (κ3) is 7.14. The highest BCUT2D eigenvalue weighted by atomic mass is 79.9. The Morgan fingerprint density at radius 3 is 2.44 bits per heavy atom. The van der Waals surface area contributed by atoms with Crippen LogP contribution in [-0.4, -0.2) is 24.6 Å². The van der Waals surface area contributed by atoms with E-state index in [9.17, 15) is 27.2 Å². The Labute approximate surface area is 199 Å². The Morgan fingerprint density at radius 1 is 1.03 bits per heavy atom. The lowest BCUT2D eigenvalue weighted by molar-refractivity contribution is -0.137. The molecule has 2 amide bonds. The van der Waals surface area contributed by atoms with Gasteiger partial charge in [-0.2, -0.15) is 18.3 Å². The van der Waals surface area contributed by atoms with Crippen molar-refractivity contribution in [1.29, 1.82) is 0 Å². The smallest absolute Gasteiger partial charge is 0.416 e. The normalized spacial score (nSPS) is 11.3. The highest BCUT2D eigenvalue weighted by molar-refractivity contribution is 9.10. The van der Waals surface area contributed by atoms with Gasteiger partial charge in [-0.15, -0.1) is 0 Å². The predicted molar refractivity (Wildman–Crippen MR) is 121 cm³/mol. The molecule has 0 spiro atoms. The van der Waals surface area contributed by atoms with E-state index < -0.39 is 29.4 Å². The average molecular weight is 538 g/mol. The summed E-state index contributed by atoms with van der Waals surface area (Å²) in [6.07, 6.45) is -3.27.